The number of hydrogen-bond acceptors (Lipinski definition) is 6. The van der Waals surface area contributed by atoms with E-state index in [0.29, 0.717) is 23.8 Å². The summed E-state index contributed by atoms with van der Waals surface area (Å²) in [5.74, 6) is 0.586. The predicted molar refractivity (Wildman–Crippen MR) is 97.8 cm³/mol. The number of aromatic nitrogens is 4. The molecule has 26 heavy (non-hydrogen) atoms. The van der Waals surface area contributed by atoms with Crippen molar-refractivity contribution in [3.63, 3.8) is 0 Å². The van der Waals surface area contributed by atoms with Crippen LogP contribution in [-0.2, 0) is 0 Å². The van der Waals surface area contributed by atoms with Crippen LogP contribution in [0.4, 0.5) is 0 Å². The van der Waals surface area contributed by atoms with E-state index in [1.54, 1.807) is 18.6 Å². The molecule has 4 rings (SSSR count). The van der Waals surface area contributed by atoms with Crippen molar-refractivity contribution in [3.05, 3.63) is 53.7 Å². The number of aryl methyl sites for hydroxylation is 1. The Labute approximate surface area is 155 Å². The molecule has 0 aromatic carbocycles. The maximum absolute atomic E-state index is 12.9. The largest absolute Gasteiger partial charge is 0.473 e. The number of hydrogen-bond donors (Lipinski definition) is 0. The van der Waals surface area contributed by atoms with Gasteiger partial charge in [0.25, 0.3) is 5.91 Å². The first-order valence-corrected chi connectivity index (χ1v) is 9.35. The lowest BCUT2D eigenvalue weighted by atomic mass is 10.1. The van der Waals surface area contributed by atoms with Gasteiger partial charge >= 0.3 is 0 Å². The molecule has 134 valence electrons. The number of nitrogens with zero attached hydrogens (tertiary/aromatic N) is 5. The zero-order valence-corrected chi connectivity index (χ0v) is 15.2. The van der Waals surface area contributed by atoms with E-state index in [9.17, 15) is 4.79 Å². The summed E-state index contributed by atoms with van der Waals surface area (Å²) < 4.78 is 7.77. The third-order valence-corrected chi connectivity index (χ3v) is 5.52. The number of carbonyl (C=O) groups is 1. The Morgan fingerprint density at radius 1 is 1.23 bits per heavy atom. The fourth-order valence-corrected chi connectivity index (χ4v) is 3.99. The fourth-order valence-electron chi connectivity index (χ4n) is 2.99. The molecule has 1 fully saturated rings. The molecule has 1 amide bonds. The summed E-state index contributed by atoms with van der Waals surface area (Å²) in [5, 5.41) is 0.816. The summed E-state index contributed by atoms with van der Waals surface area (Å²) in [6, 6.07) is 3.89. The van der Waals surface area contributed by atoms with E-state index in [4.69, 9.17) is 4.74 Å². The maximum atomic E-state index is 12.9. The van der Waals surface area contributed by atoms with Crippen molar-refractivity contribution in [3.8, 4) is 11.0 Å². The van der Waals surface area contributed by atoms with Crippen LogP contribution in [0.1, 0.15) is 28.2 Å². The smallest absolute Gasteiger partial charge is 0.265 e. The van der Waals surface area contributed by atoms with Crippen LogP contribution < -0.4 is 4.74 Å². The van der Waals surface area contributed by atoms with Gasteiger partial charge in [0.15, 0.2) is 5.13 Å². The van der Waals surface area contributed by atoms with Gasteiger partial charge in [-0.05, 0) is 19.1 Å². The van der Waals surface area contributed by atoms with E-state index >= 15 is 0 Å². The highest BCUT2D eigenvalue weighted by Gasteiger charge is 2.27. The molecule has 0 spiro atoms. The monoisotopic (exact) mass is 369 g/mol. The first-order valence-electron chi connectivity index (χ1n) is 8.53. The van der Waals surface area contributed by atoms with Gasteiger partial charge in [-0.25, -0.2) is 9.97 Å². The van der Waals surface area contributed by atoms with Crippen molar-refractivity contribution in [1.29, 1.82) is 0 Å². The molecule has 1 aliphatic rings. The Kier molecular flexibility index (Phi) is 4.66. The van der Waals surface area contributed by atoms with Gasteiger partial charge in [-0.15, -0.1) is 0 Å². The molecule has 0 atom stereocenters. The summed E-state index contributed by atoms with van der Waals surface area (Å²) in [4.78, 5) is 28.2. The Bertz CT molecular complexity index is 870. The van der Waals surface area contributed by atoms with Crippen LogP contribution in [0.15, 0.2) is 43.1 Å². The molecular formula is C18H19N5O2S. The molecule has 3 aromatic heterocycles. The highest BCUT2D eigenvalue weighted by atomic mass is 32.1. The molecule has 1 saturated heterocycles. The number of carbonyl (C=O) groups excluding carboxylic acids is 1. The van der Waals surface area contributed by atoms with Crippen LogP contribution in [0, 0.1) is 6.92 Å². The highest BCUT2D eigenvalue weighted by Crippen LogP contribution is 2.25. The molecule has 7 nitrogen and oxygen atoms in total. The summed E-state index contributed by atoms with van der Waals surface area (Å²) in [6.07, 6.45) is 10.3. The van der Waals surface area contributed by atoms with Crippen molar-refractivity contribution < 1.29 is 9.53 Å². The molecule has 0 unspecified atom stereocenters. The van der Waals surface area contributed by atoms with E-state index in [1.807, 2.05) is 40.9 Å². The van der Waals surface area contributed by atoms with E-state index in [1.165, 1.54) is 11.3 Å². The third-order valence-electron chi connectivity index (χ3n) is 4.36. The van der Waals surface area contributed by atoms with Crippen LogP contribution in [0.3, 0.4) is 0 Å². The van der Waals surface area contributed by atoms with Crippen LogP contribution in [0.25, 0.3) is 5.13 Å². The van der Waals surface area contributed by atoms with E-state index < -0.39 is 0 Å². The molecule has 8 heteroatoms. The van der Waals surface area contributed by atoms with Gasteiger partial charge in [0.05, 0.1) is 11.9 Å². The Morgan fingerprint density at radius 2 is 2.00 bits per heavy atom. The van der Waals surface area contributed by atoms with E-state index in [-0.39, 0.29) is 12.0 Å². The summed E-state index contributed by atoms with van der Waals surface area (Å²) in [7, 11) is 0. The molecule has 1 aliphatic heterocycles. The third kappa shape index (κ3) is 3.45. The number of amides is 1. The minimum atomic E-state index is 0.0522. The summed E-state index contributed by atoms with van der Waals surface area (Å²) >= 11 is 1.43. The van der Waals surface area contributed by atoms with Gasteiger partial charge < -0.3 is 14.2 Å². The van der Waals surface area contributed by atoms with Crippen molar-refractivity contribution in [2.75, 3.05) is 13.1 Å². The molecule has 0 saturated carbocycles. The number of piperidine rings is 1. The topological polar surface area (TPSA) is 73.1 Å². The Hall–Kier alpha value is -2.74. The highest BCUT2D eigenvalue weighted by molar-refractivity contribution is 7.16. The lowest BCUT2D eigenvalue weighted by Gasteiger charge is -2.31. The standard InChI is InChI=1S/C18H19N5O2S/c1-13-16(26-18(21-13)23-8-2-3-9-23)17(24)22-10-4-14(5-11-22)25-15-12-19-6-7-20-15/h2-3,6-9,12,14H,4-5,10-11H2,1H3. The molecule has 3 aromatic rings. The van der Waals surface area contributed by atoms with Gasteiger partial charge in [-0.3, -0.25) is 9.78 Å². The molecular weight excluding hydrogens is 350 g/mol. The second kappa shape index (κ2) is 7.25. The van der Waals surface area contributed by atoms with Gasteiger partial charge in [-0.1, -0.05) is 11.3 Å². The summed E-state index contributed by atoms with van der Waals surface area (Å²) in [5.41, 5.74) is 0.779. The van der Waals surface area contributed by atoms with E-state index in [2.05, 4.69) is 15.0 Å². The van der Waals surface area contributed by atoms with Crippen LogP contribution in [0.2, 0.25) is 0 Å². The van der Waals surface area contributed by atoms with E-state index in [0.717, 1.165) is 23.7 Å². The first kappa shape index (κ1) is 16.7. The molecule has 0 N–H and O–H groups in total. The zero-order valence-electron chi connectivity index (χ0n) is 14.4. The van der Waals surface area contributed by atoms with Crippen LogP contribution in [-0.4, -0.2) is 49.5 Å². The predicted octanol–water partition coefficient (Wildman–Crippen LogP) is 2.72. The van der Waals surface area contributed by atoms with Crippen molar-refractivity contribution in [2.45, 2.75) is 25.9 Å². The fraction of sp³-hybridized carbons (Fsp3) is 0.333. The van der Waals surface area contributed by atoms with Crippen molar-refractivity contribution >= 4 is 17.2 Å². The zero-order chi connectivity index (χ0) is 17.9. The number of ether oxygens (including phenoxy) is 1. The molecule has 4 heterocycles. The molecule has 0 radical (unpaired) electrons. The van der Waals surface area contributed by atoms with Crippen LogP contribution >= 0.6 is 11.3 Å². The maximum Gasteiger partial charge on any atom is 0.265 e. The van der Waals surface area contributed by atoms with Gasteiger partial charge in [0.1, 0.15) is 11.0 Å². The second-order valence-electron chi connectivity index (χ2n) is 6.15. The van der Waals surface area contributed by atoms with Gasteiger partial charge in [-0.2, -0.15) is 0 Å². The van der Waals surface area contributed by atoms with Crippen LogP contribution in [0.5, 0.6) is 5.88 Å². The average Bonchev–Trinajstić information content (AvgIpc) is 3.32. The van der Waals surface area contributed by atoms with Gasteiger partial charge in [0, 0.05) is 50.7 Å². The van der Waals surface area contributed by atoms with Gasteiger partial charge in [0.2, 0.25) is 5.88 Å². The number of likely N-dealkylation sites (tertiary alicyclic amines) is 1. The number of thiazole rings is 1. The number of rotatable bonds is 4. The Balaban J connectivity index is 1.39. The lowest BCUT2D eigenvalue weighted by molar-refractivity contribution is 0.0590. The first-order chi connectivity index (χ1) is 12.7. The molecule has 0 aliphatic carbocycles. The average molecular weight is 369 g/mol. The Morgan fingerprint density at radius 3 is 2.69 bits per heavy atom. The molecule has 0 bridgehead atoms. The minimum absolute atomic E-state index is 0.0522. The lowest BCUT2D eigenvalue weighted by Crippen LogP contribution is -2.41. The second-order valence-corrected chi connectivity index (χ2v) is 7.13. The van der Waals surface area contributed by atoms with Crippen molar-refractivity contribution in [2.24, 2.45) is 0 Å². The van der Waals surface area contributed by atoms with Crippen molar-refractivity contribution in [1.82, 2.24) is 24.4 Å². The quantitative estimate of drug-likeness (QED) is 0.707. The summed E-state index contributed by atoms with van der Waals surface area (Å²) in [6.45, 7) is 3.22. The SMILES string of the molecule is Cc1nc(-n2cccc2)sc1C(=O)N1CCC(Oc2cnccn2)CC1. The normalized spacial score (nSPS) is 15.2. The minimum Gasteiger partial charge on any atom is -0.473 e.